The molecule has 0 fully saturated rings. The Labute approximate surface area is 121 Å². The summed E-state index contributed by atoms with van der Waals surface area (Å²) in [6.45, 7) is 3.55. The van der Waals surface area contributed by atoms with E-state index in [1.807, 2.05) is 25.1 Å². The Morgan fingerprint density at radius 3 is 2.85 bits per heavy atom. The summed E-state index contributed by atoms with van der Waals surface area (Å²) in [4.78, 5) is 23.2. The van der Waals surface area contributed by atoms with Gasteiger partial charge in [0.2, 0.25) is 0 Å². The highest BCUT2D eigenvalue weighted by atomic mass is 32.1. The third-order valence-electron chi connectivity index (χ3n) is 3.12. The van der Waals surface area contributed by atoms with Crippen LogP contribution in [0.1, 0.15) is 22.3 Å². The van der Waals surface area contributed by atoms with Gasteiger partial charge in [-0.3, -0.25) is 9.78 Å². The average Bonchev–Trinajstić information content (AvgIpc) is 2.87. The van der Waals surface area contributed by atoms with E-state index >= 15 is 0 Å². The van der Waals surface area contributed by atoms with Crippen LogP contribution in [0.25, 0.3) is 10.7 Å². The molecule has 0 aliphatic heterocycles. The van der Waals surface area contributed by atoms with Crippen LogP contribution in [0.2, 0.25) is 0 Å². The number of rotatable bonds is 4. The number of nitrogens with zero attached hydrogens (tertiary/aromatic N) is 3. The molecule has 1 unspecified atom stereocenters. The molecule has 0 bridgehead atoms. The summed E-state index contributed by atoms with van der Waals surface area (Å²) in [6, 6.07) is 5.38. The largest absolute Gasteiger partial charge is 0.394 e. The van der Waals surface area contributed by atoms with Gasteiger partial charge in [0, 0.05) is 13.2 Å². The minimum absolute atomic E-state index is 0.0623. The van der Waals surface area contributed by atoms with Crippen LogP contribution < -0.4 is 0 Å². The molecule has 20 heavy (non-hydrogen) atoms. The van der Waals surface area contributed by atoms with E-state index in [2.05, 4.69) is 9.97 Å². The van der Waals surface area contributed by atoms with Gasteiger partial charge in [-0.25, -0.2) is 4.98 Å². The van der Waals surface area contributed by atoms with Crippen molar-refractivity contribution in [1.29, 1.82) is 0 Å². The molecule has 0 aromatic carbocycles. The van der Waals surface area contributed by atoms with E-state index < -0.39 is 0 Å². The van der Waals surface area contributed by atoms with Crippen LogP contribution in [0.4, 0.5) is 0 Å². The van der Waals surface area contributed by atoms with Crippen LogP contribution >= 0.6 is 11.3 Å². The second-order valence-corrected chi connectivity index (χ2v) is 5.60. The maximum absolute atomic E-state index is 12.4. The van der Waals surface area contributed by atoms with Gasteiger partial charge in [0.05, 0.1) is 24.0 Å². The lowest BCUT2D eigenvalue weighted by atomic mass is 10.3. The number of carbonyl (C=O) groups is 1. The summed E-state index contributed by atoms with van der Waals surface area (Å²) in [7, 11) is 1.68. The van der Waals surface area contributed by atoms with E-state index in [1.165, 1.54) is 16.2 Å². The van der Waals surface area contributed by atoms with Crippen LogP contribution in [-0.2, 0) is 0 Å². The molecule has 2 aromatic heterocycles. The second-order valence-electron chi connectivity index (χ2n) is 4.60. The highest BCUT2D eigenvalue weighted by Crippen LogP contribution is 2.27. The zero-order valence-corrected chi connectivity index (χ0v) is 12.5. The Morgan fingerprint density at radius 1 is 1.50 bits per heavy atom. The first-order valence-electron chi connectivity index (χ1n) is 6.31. The summed E-state index contributed by atoms with van der Waals surface area (Å²) < 4.78 is 0. The standard InChI is InChI=1S/C14H17N3O2S/c1-9(8-18)17(3)14(19)12-10(2)16-13(20-12)11-6-4-5-7-15-11/h4-7,9,18H,8H2,1-3H3. The number of aromatic nitrogens is 2. The van der Waals surface area contributed by atoms with Gasteiger partial charge in [0.1, 0.15) is 9.88 Å². The topological polar surface area (TPSA) is 66.3 Å². The summed E-state index contributed by atoms with van der Waals surface area (Å²) in [6.07, 6.45) is 1.70. The fraction of sp³-hybridized carbons (Fsp3) is 0.357. The third kappa shape index (κ3) is 2.86. The molecule has 0 spiro atoms. The Morgan fingerprint density at radius 2 is 2.25 bits per heavy atom. The Bertz CT molecular complexity index is 598. The third-order valence-corrected chi connectivity index (χ3v) is 4.29. The van der Waals surface area contributed by atoms with E-state index in [0.717, 1.165) is 10.7 Å². The number of hydrogen-bond acceptors (Lipinski definition) is 5. The van der Waals surface area contributed by atoms with Crippen molar-refractivity contribution in [2.45, 2.75) is 19.9 Å². The van der Waals surface area contributed by atoms with Crippen molar-refractivity contribution >= 4 is 17.2 Å². The molecule has 1 amide bonds. The molecule has 106 valence electrons. The molecule has 2 aromatic rings. The minimum atomic E-state index is -0.220. The number of aliphatic hydroxyl groups is 1. The van der Waals surface area contributed by atoms with E-state index in [4.69, 9.17) is 5.11 Å². The van der Waals surface area contributed by atoms with E-state index in [1.54, 1.807) is 20.2 Å². The zero-order chi connectivity index (χ0) is 14.7. The number of hydrogen-bond donors (Lipinski definition) is 1. The van der Waals surface area contributed by atoms with Gasteiger partial charge in [-0.15, -0.1) is 11.3 Å². The fourth-order valence-corrected chi connectivity index (χ4v) is 2.70. The molecule has 5 nitrogen and oxygen atoms in total. The molecule has 2 heterocycles. The molecule has 1 atom stereocenters. The Kier molecular flexibility index (Phi) is 4.46. The molecule has 2 rings (SSSR count). The lowest BCUT2D eigenvalue weighted by Gasteiger charge is -2.22. The minimum Gasteiger partial charge on any atom is -0.394 e. The molecule has 0 aliphatic carbocycles. The van der Waals surface area contributed by atoms with Crippen LogP contribution in [-0.4, -0.2) is 45.6 Å². The molecule has 0 aliphatic rings. The highest BCUT2D eigenvalue weighted by molar-refractivity contribution is 7.17. The quantitative estimate of drug-likeness (QED) is 0.935. The average molecular weight is 291 g/mol. The first-order chi connectivity index (χ1) is 9.54. The first kappa shape index (κ1) is 14.6. The lowest BCUT2D eigenvalue weighted by molar-refractivity contribution is 0.0686. The molecular weight excluding hydrogens is 274 g/mol. The SMILES string of the molecule is Cc1nc(-c2ccccn2)sc1C(=O)N(C)C(C)CO. The number of carbonyl (C=O) groups excluding carboxylic acids is 1. The van der Waals surface area contributed by atoms with E-state index in [-0.39, 0.29) is 18.6 Å². The number of amides is 1. The van der Waals surface area contributed by atoms with E-state index in [0.29, 0.717) is 10.6 Å². The van der Waals surface area contributed by atoms with Crippen LogP contribution in [0.5, 0.6) is 0 Å². The van der Waals surface area contributed by atoms with Gasteiger partial charge in [0.15, 0.2) is 0 Å². The van der Waals surface area contributed by atoms with Gasteiger partial charge < -0.3 is 10.0 Å². The molecular formula is C14H17N3O2S. The van der Waals surface area contributed by atoms with Crippen molar-refractivity contribution in [2.24, 2.45) is 0 Å². The van der Waals surface area contributed by atoms with Crippen LogP contribution in [0, 0.1) is 6.92 Å². The lowest BCUT2D eigenvalue weighted by Crippen LogP contribution is -2.37. The fourth-order valence-electron chi connectivity index (χ4n) is 1.68. The first-order valence-corrected chi connectivity index (χ1v) is 7.13. The van der Waals surface area contributed by atoms with Crippen molar-refractivity contribution < 1.29 is 9.90 Å². The Balaban J connectivity index is 2.31. The molecule has 6 heteroatoms. The summed E-state index contributed by atoms with van der Waals surface area (Å²) in [5.41, 5.74) is 1.45. The van der Waals surface area contributed by atoms with Gasteiger partial charge in [0.25, 0.3) is 5.91 Å². The molecule has 0 saturated heterocycles. The second kappa shape index (κ2) is 6.11. The smallest absolute Gasteiger partial charge is 0.265 e. The number of likely N-dealkylation sites (N-methyl/N-ethyl adjacent to an activating group) is 1. The number of pyridine rings is 1. The normalized spacial score (nSPS) is 12.2. The van der Waals surface area contributed by atoms with Crippen LogP contribution in [0.15, 0.2) is 24.4 Å². The van der Waals surface area contributed by atoms with Gasteiger partial charge in [-0.05, 0) is 26.0 Å². The maximum atomic E-state index is 12.4. The summed E-state index contributed by atoms with van der Waals surface area (Å²) >= 11 is 1.33. The van der Waals surface area contributed by atoms with Gasteiger partial charge >= 0.3 is 0 Å². The highest BCUT2D eigenvalue weighted by Gasteiger charge is 2.22. The molecule has 0 radical (unpaired) electrons. The van der Waals surface area contributed by atoms with Crippen molar-refractivity contribution in [3.63, 3.8) is 0 Å². The van der Waals surface area contributed by atoms with Gasteiger partial charge in [-0.1, -0.05) is 6.07 Å². The zero-order valence-electron chi connectivity index (χ0n) is 11.7. The number of aliphatic hydroxyl groups excluding tert-OH is 1. The van der Waals surface area contributed by atoms with Gasteiger partial charge in [-0.2, -0.15) is 0 Å². The molecule has 0 saturated carbocycles. The van der Waals surface area contributed by atoms with Crippen LogP contribution in [0.3, 0.4) is 0 Å². The monoisotopic (exact) mass is 291 g/mol. The van der Waals surface area contributed by atoms with Crippen molar-refractivity contribution in [3.05, 3.63) is 35.0 Å². The maximum Gasteiger partial charge on any atom is 0.265 e. The number of thiazole rings is 1. The van der Waals surface area contributed by atoms with E-state index in [9.17, 15) is 4.79 Å². The molecule has 1 N–H and O–H groups in total. The van der Waals surface area contributed by atoms with Crippen molar-refractivity contribution in [2.75, 3.05) is 13.7 Å². The summed E-state index contributed by atoms with van der Waals surface area (Å²) in [5.74, 6) is -0.122. The van der Waals surface area contributed by atoms with Crippen molar-refractivity contribution in [1.82, 2.24) is 14.9 Å². The number of aryl methyl sites for hydroxylation is 1. The predicted octanol–water partition coefficient (Wildman–Crippen LogP) is 1.97. The summed E-state index contributed by atoms with van der Waals surface area (Å²) in [5, 5.41) is 9.87. The predicted molar refractivity (Wildman–Crippen MR) is 78.7 cm³/mol. The Hall–Kier alpha value is -1.79. The van der Waals surface area contributed by atoms with Crippen molar-refractivity contribution in [3.8, 4) is 10.7 Å².